The van der Waals surface area contributed by atoms with Gasteiger partial charge >= 0.3 is 0 Å². The molecule has 0 spiro atoms. The van der Waals surface area contributed by atoms with Crippen LogP contribution in [-0.4, -0.2) is 40.3 Å². The maximum atomic E-state index is 12.1. The van der Waals surface area contributed by atoms with Gasteiger partial charge in [-0.05, 0) is 43.2 Å². The zero-order valence-corrected chi connectivity index (χ0v) is 17.6. The molecule has 0 saturated carbocycles. The number of para-hydroxylation sites is 1. The van der Waals surface area contributed by atoms with Crippen molar-refractivity contribution < 1.29 is 17.9 Å². The molecule has 2 rings (SSSR count). The van der Waals surface area contributed by atoms with Crippen molar-refractivity contribution in [1.82, 2.24) is 5.32 Å². The summed E-state index contributed by atoms with van der Waals surface area (Å²) < 4.78 is 31.0. The van der Waals surface area contributed by atoms with Crippen molar-refractivity contribution in [3.05, 3.63) is 59.1 Å². The highest BCUT2D eigenvalue weighted by Crippen LogP contribution is 2.22. The summed E-state index contributed by atoms with van der Waals surface area (Å²) >= 11 is 5.95. The highest BCUT2D eigenvalue weighted by molar-refractivity contribution is 7.92. The number of ether oxygens (including phenoxy) is 1. The number of sulfonamides is 1. The van der Waals surface area contributed by atoms with Gasteiger partial charge in [-0.3, -0.25) is 9.10 Å². The van der Waals surface area contributed by atoms with Crippen molar-refractivity contribution in [2.75, 3.05) is 30.3 Å². The number of halogens is 1. The molecule has 0 fully saturated rings. The number of carbonyl (C=O) groups excluding carboxylic acids is 1. The van der Waals surface area contributed by atoms with Crippen LogP contribution in [0.1, 0.15) is 18.4 Å². The van der Waals surface area contributed by atoms with Crippen LogP contribution in [0, 0.1) is 6.92 Å². The third-order valence-corrected chi connectivity index (χ3v) is 5.47. The maximum absolute atomic E-state index is 12.1. The number of amides is 1. The van der Waals surface area contributed by atoms with Crippen LogP contribution in [0.2, 0.25) is 5.02 Å². The molecule has 0 unspecified atom stereocenters. The summed E-state index contributed by atoms with van der Waals surface area (Å²) in [6, 6.07) is 14.3. The van der Waals surface area contributed by atoms with Crippen LogP contribution in [0.25, 0.3) is 0 Å². The van der Waals surface area contributed by atoms with Gasteiger partial charge in [0.2, 0.25) is 15.9 Å². The lowest BCUT2D eigenvalue weighted by atomic mass is 10.2. The van der Waals surface area contributed by atoms with Gasteiger partial charge in [0, 0.05) is 18.0 Å². The average molecular weight is 425 g/mol. The monoisotopic (exact) mass is 424 g/mol. The second kappa shape index (κ2) is 10.3. The summed E-state index contributed by atoms with van der Waals surface area (Å²) in [5.41, 5.74) is 1.53. The van der Waals surface area contributed by atoms with Gasteiger partial charge in [0.05, 0.1) is 18.5 Å². The molecule has 0 saturated heterocycles. The molecule has 2 aromatic rings. The third kappa shape index (κ3) is 7.05. The lowest BCUT2D eigenvalue weighted by molar-refractivity contribution is -0.121. The molecule has 8 heteroatoms. The van der Waals surface area contributed by atoms with Gasteiger partial charge in [-0.2, -0.15) is 0 Å². The fourth-order valence-electron chi connectivity index (χ4n) is 2.66. The van der Waals surface area contributed by atoms with E-state index in [-0.39, 0.29) is 18.9 Å². The van der Waals surface area contributed by atoms with E-state index in [1.54, 1.807) is 24.3 Å². The molecule has 0 atom stereocenters. The Morgan fingerprint density at radius 3 is 2.61 bits per heavy atom. The zero-order valence-electron chi connectivity index (χ0n) is 16.0. The molecule has 0 bridgehead atoms. The maximum Gasteiger partial charge on any atom is 0.232 e. The number of hydrogen-bond acceptors (Lipinski definition) is 4. The molecule has 1 amide bonds. The fraction of sp³-hybridized carbons (Fsp3) is 0.350. The minimum atomic E-state index is -3.47. The fourth-order valence-corrected chi connectivity index (χ4v) is 3.80. The van der Waals surface area contributed by atoms with Crippen LogP contribution in [0.3, 0.4) is 0 Å². The third-order valence-electron chi connectivity index (χ3n) is 4.04. The number of anilines is 1. The minimum absolute atomic E-state index is 0.145. The molecular weight excluding hydrogens is 400 g/mol. The summed E-state index contributed by atoms with van der Waals surface area (Å²) in [6.45, 7) is 2.92. The van der Waals surface area contributed by atoms with E-state index in [1.807, 2.05) is 31.2 Å². The predicted octanol–water partition coefficient (Wildman–Crippen LogP) is 3.39. The van der Waals surface area contributed by atoms with Crippen LogP contribution in [0.4, 0.5) is 5.69 Å². The molecule has 0 aliphatic rings. The van der Waals surface area contributed by atoms with Crippen molar-refractivity contribution in [2.45, 2.75) is 19.8 Å². The smallest absolute Gasteiger partial charge is 0.232 e. The second-order valence-electron chi connectivity index (χ2n) is 6.38. The van der Waals surface area contributed by atoms with E-state index in [0.29, 0.717) is 30.3 Å². The first-order chi connectivity index (χ1) is 13.3. The molecule has 2 aromatic carbocycles. The quantitative estimate of drug-likeness (QED) is 0.593. The number of nitrogens with zero attached hydrogens (tertiary/aromatic N) is 1. The van der Waals surface area contributed by atoms with Gasteiger partial charge in [0.25, 0.3) is 0 Å². The molecule has 0 radical (unpaired) electrons. The molecular formula is C20H25ClN2O4S. The Labute approximate surface area is 171 Å². The SMILES string of the molecule is Cc1ccccc1OCCNC(=O)CCCN(c1cccc(Cl)c1)S(C)(=O)=O. The lowest BCUT2D eigenvalue weighted by Crippen LogP contribution is -2.32. The Hall–Kier alpha value is -2.25. The standard InChI is InChI=1S/C20H25ClN2O4S/c1-16-7-3-4-10-19(16)27-14-12-22-20(24)11-6-13-23(28(2,25)26)18-9-5-8-17(21)15-18/h3-5,7-10,15H,6,11-14H2,1-2H3,(H,22,24). The average Bonchev–Trinajstić information content (AvgIpc) is 2.62. The van der Waals surface area contributed by atoms with Crippen LogP contribution in [0.15, 0.2) is 48.5 Å². The van der Waals surface area contributed by atoms with Crippen LogP contribution in [-0.2, 0) is 14.8 Å². The van der Waals surface area contributed by atoms with E-state index in [1.165, 1.54) is 4.31 Å². The molecule has 0 aliphatic heterocycles. The number of aryl methyl sites for hydroxylation is 1. The van der Waals surface area contributed by atoms with Gasteiger partial charge in [-0.1, -0.05) is 35.9 Å². The van der Waals surface area contributed by atoms with Crippen molar-refractivity contribution in [1.29, 1.82) is 0 Å². The first-order valence-corrected chi connectivity index (χ1v) is 11.2. The van der Waals surface area contributed by atoms with Crippen molar-refractivity contribution in [3.63, 3.8) is 0 Å². The number of hydrogen-bond donors (Lipinski definition) is 1. The molecule has 0 aromatic heterocycles. The largest absolute Gasteiger partial charge is 0.491 e. The molecule has 6 nitrogen and oxygen atoms in total. The van der Waals surface area contributed by atoms with Crippen molar-refractivity contribution in [3.8, 4) is 5.75 Å². The Morgan fingerprint density at radius 1 is 1.18 bits per heavy atom. The lowest BCUT2D eigenvalue weighted by Gasteiger charge is -2.22. The van der Waals surface area contributed by atoms with E-state index in [2.05, 4.69) is 5.32 Å². The second-order valence-corrected chi connectivity index (χ2v) is 8.73. The van der Waals surface area contributed by atoms with Gasteiger partial charge in [-0.15, -0.1) is 0 Å². The topological polar surface area (TPSA) is 75.7 Å². The Bertz CT molecular complexity index is 903. The molecule has 1 N–H and O–H groups in total. The van der Waals surface area contributed by atoms with Crippen LogP contribution >= 0.6 is 11.6 Å². The molecule has 0 aliphatic carbocycles. The van der Waals surface area contributed by atoms with E-state index >= 15 is 0 Å². The number of nitrogens with one attached hydrogen (secondary N) is 1. The van der Waals surface area contributed by atoms with Gasteiger partial charge in [-0.25, -0.2) is 8.42 Å². The minimum Gasteiger partial charge on any atom is -0.491 e. The Balaban J connectivity index is 1.76. The predicted molar refractivity (Wildman–Crippen MR) is 113 cm³/mol. The summed E-state index contributed by atoms with van der Waals surface area (Å²) in [5.74, 6) is 0.648. The molecule has 0 heterocycles. The summed E-state index contributed by atoms with van der Waals surface area (Å²) in [6.07, 6.45) is 1.75. The van der Waals surface area contributed by atoms with E-state index < -0.39 is 10.0 Å². The number of carbonyl (C=O) groups is 1. The van der Waals surface area contributed by atoms with Crippen LogP contribution < -0.4 is 14.4 Å². The van der Waals surface area contributed by atoms with Crippen molar-refractivity contribution >= 4 is 33.2 Å². The number of rotatable bonds is 10. The van der Waals surface area contributed by atoms with E-state index in [0.717, 1.165) is 17.6 Å². The summed E-state index contributed by atoms with van der Waals surface area (Å²) in [5, 5.41) is 3.24. The molecule has 152 valence electrons. The Kier molecular flexibility index (Phi) is 8.14. The van der Waals surface area contributed by atoms with E-state index in [9.17, 15) is 13.2 Å². The number of benzene rings is 2. The first-order valence-electron chi connectivity index (χ1n) is 8.96. The van der Waals surface area contributed by atoms with Gasteiger partial charge in [0.15, 0.2) is 0 Å². The zero-order chi connectivity index (χ0) is 20.6. The summed E-state index contributed by atoms with van der Waals surface area (Å²) in [7, 11) is -3.47. The normalized spacial score (nSPS) is 11.1. The van der Waals surface area contributed by atoms with E-state index in [4.69, 9.17) is 16.3 Å². The van der Waals surface area contributed by atoms with Gasteiger partial charge < -0.3 is 10.1 Å². The van der Waals surface area contributed by atoms with Gasteiger partial charge in [0.1, 0.15) is 12.4 Å². The van der Waals surface area contributed by atoms with Crippen molar-refractivity contribution in [2.24, 2.45) is 0 Å². The highest BCUT2D eigenvalue weighted by atomic mass is 35.5. The molecule has 28 heavy (non-hydrogen) atoms. The Morgan fingerprint density at radius 2 is 1.93 bits per heavy atom. The first kappa shape index (κ1) is 22.0. The highest BCUT2D eigenvalue weighted by Gasteiger charge is 2.17. The summed E-state index contributed by atoms with van der Waals surface area (Å²) in [4.78, 5) is 12.0. The van der Waals surface area contributed by atoms with Crippen LogP contribution in [0.5, 0.6) is 5.75 Å².